The van der Waals surface area contributed by atoms with Gasteiger partial charge >= 0.3 is 5.97 Å². The Morgan fingerprint density at radius 2 is 2.14 bits per heavy atom. The number of esters is 1. The van der Waals surface area contributed by atoms with Crippen molar-refractivity contribution in [3.05, 3.63) is 118 Å². The van der Waals surface area contributed by atoms with Crippen LogP contribution in [-0.2, 0) is 9.53 Å². The molecule has 1 atom stereocenters. The summed E-state index contributed by atoms with van der Waals surface area (Å²) >= 11 is 2.62. The number of nitro groups is 1. The Labute approximate surface area is 217 Å². The number of fused-ring (bicyclic) bond motifs is 1. The first-order valence-electron chi connectivity index (χ1n) is 11.1. The minimum atomic E-state index is -0.673. The highest BCUT2D eigenvalue weighted by Gasteiger charge is 2.34. The number of hydrogen-bond acceptors (Lipinski definition) is 9. The van der Waals surface area contributed by atoms with Crippen molar-refractivity contribution in [2.75, 3.05) is 6.61 Å². The highest BCUT2D eigenvalue weighted by atomic mass is 32.1. The second-order valence-corrected chi connectivity index (χ2v) is 9.98. The first-order chi connectivity index (χ1) is 17.9. The number of benzene rings is 1. The summed E-state index contributed by atoms with van der Waals surface area (Å²) in [5, 5.41) is 13.0. The summed E-state index contributed by atoms with van der Waals surface area (Å²) in [4.78, 5) is 43.0. The van der Waals surface area contributed by atoms with Crippen LogP contribution in [-0.4, -0.2) is 22.1 Å². The third-order valence-corrected chi connectivity index (χ3v) is 7.54. The minimum Gasteiger partial charge on any atom is -0.458 e. The molecule has 9 nitrogen and oxygen atoms in total. The SMILES string of the molecule is C=CCOC(=O)C1=C(C)N=c2sc(=Cc3ccc(-c4cccc([N+](=O)[O-])c4)o3)c(=O)n2C1c1cccs1. The third-order valence-electron chi connectivity index (χ3n) is 5.63. The molecule has 5 rings (SSSR count). The quantitative estimate of drug-likeness (QED) is 0.152. The van der Waals surface area contributed by atoms with Crippen LogP contribution in [0.3, 0.4) is 0 Å². The number of carbonyl (C=O) groups excluding carboxylic acids is 1. The predicted octanol–water partition coefficient (Wildman–Crippen LogP) is 4.19. The molecular formula is C26H19N3O6S2. The van der Waals surface area contributed by atoms with Gasteiger partial charge in [-0.25, -0.2) is 9.79 Å². The molecule has 1 aliphatic heterocycles. The number of furan rings is 1. The summed E-state index contributed by atoms with van der Waals surface area (Å²) in [6.07, 6.45) is 3.08. The van der Waals surface area contributed by atoms with E-state index in [0.717, 1.165) is 4.88 Å². The molecule has 11 heteroatoms. The van der Waals surface area contributed by atoms with E-state index in [4.69, 9.17) is 9.15 Å². The van der Waals surface area contributed by atoms with E-state index in [1.807, 2.05) is 17.5 Å². The summed E-state index contributed by atoms with van der Waals surface area (Å²) < 4.78 is 13.1. The molecule has 0 fully saturated rings. The van der Waals surface area contributed by atoms with E-state index in [-0.39, 0.29) is 17.9 Å². The van der Waals surface area contributed by atoms with Gasteiger partial charge in [-0.1, -0.05) is 42.2 Å². The van der Waals surface area contributed by atoms with Crippen LogP contribution in [0.5, 0.6) is 0 Å². The molecule has 0 bridgehead atoms. The number of aromatic nitrogens is 1. The summed E-state index contributed by atoms with van der Waals surface area (Å²) in [7, 11) is 0. The Kier molecular flexibility index (Phi) is 6.55. The van der Waals surface area contributed by atoms with Gasteiger partial charge in [0, 0.05) is 28.6 Å². The first-order valence-corrected chi connectivity index (χ1v) is 12.8. The molecule has 3 aromatic heterocycles. The molecule has 4 aromatic rings. The highest BCUT2D eigenvalue weighted by molar-refractivity contribution is 7.10. The summed E-state index contributed by atoms with van der Waals surface area (Å²) in [6, 6.07) is 12.5. The number of non-ortho nitro benzene ring substituents is 1. The maximum absolute atomic E-state index is 13.6. The summed E-state index contributed by atoms with van der Waals surface area (Å²) in [5.74, 6) is 0.282. The monoisotopic (exact) mass is 533 g/mol. The first kappa shape index (κ1) is 24.3. The topological polar surface area (TPSA) is 117 Å². The number of carbonyl (C=O) groups is 1. The maximum atomic E-state index is 13.6. The fourth-order valence-corrected chi connectivity index (χ4v) is 5.85. The van der Waals surface area contributed by atoms with E-state index in [9.17, 15) is 19.7 Å². The lowest BCUT2D eigenvalue weighted by Gasteiger charge is -2.23. The van der Waals surface area contributed by atoms with Crippen LogP contribution in [0.15, 0.2) is 92.0 Å². The Balaban J connectivity index is 1.58. The van der Waals surface area contributed by atoms with E-state index in [1.165, 1.54) is 45.4 Å². The number of ether oxygens (including phenoxy) is 1. The molecule has 4 heterocycles. The van der Waals surface area contributed by atoms with Crippen LogP contribution >= 0.6 is 22.7 Å². The van der Waals surface area contributed by atoms with Crippen molar-refractivity contribution in [2.24, 2.45) is 4.99 Å². The number of nitrogens with zero attached hydrogens (tertiary/aromatic N) is 3. The van der Waals surface area contributed by atoms with Gasteiger partial charge in [0.1, 0.15) is 24.2 Å². The van der Waals surface area contributed by atoms with Crippen LogP contribution in [0.25, 0.3) is 17.4 Å². The Morgan fingerprint density at radius 1 is 1.30 bits per heavy atom. The number of thiophene rings is 1. The van der Waals surface area contributed by atoms with Crippen molar-refractivity contribution in [3.8, 4) is 11.3 Å². The molecule has 0 N–H and O–H groups in total. The zero-order valence-electron chi connectivity index (χ0n) is 19.5. The van der Waals surface area contributed by atoms with Crippen LogP contribution in [0.1, 0.15) is 23.6 Å². The normalized spacial score (nSPS) is 15.3. The van der Waals surface area contributed by atoms with Gasteiger partial charge < -0.3 is 9.15 Å². The zero-order valence-corrected chi connectivity index (χ0v) is 21.1. The smallest absolute Gasteiger partial charge is 0.338 e. The summed E-state index contributed by atoms with van der Waals surface area (Å²) in [6.45, 7) is 5.35. The maximum Gasteiger partial charge on any atom is 0.338 e. The Hall–Kier alpha value is -4.35. The molecule has 1 aliphatic rings. The zero-order chi connectivity index (χ0) is 26.1. The molecule has 0 saturated carbocycles. The molecule has 0 aliphatic carbocycles. The lowest BCUT2D eigenvalue weighted by molar-refractivity contribution is -0.384. The third kappa shape index (κ3) is 4.61. The fourth-order valence-electron chi connectivity index (χ4n) is 4.00. The van der Waals surface area contributed by atoms with Gasteiger partial charge in [-0.2, -0.15) is 0 Å². The molecule has 1 unspecified atom stereocenters. The average molecular weight is 534 g/mol. The standard InChI is InChI=1S/C26H19N3O6S2/c1-3-11-34-25(31)22-15(2)27-26-28(23(22)20-8-5-12-36-20)24(30)21(37-26)14-18-9-10-19(35-18)16-6-4-7-17(13-16)29(32)33/h3-10,12-14,23H,1,11H2,2H3. The van der Waals surface area contributed by atoms with Gasteiger partial charge in [-0.15, -0.1) is 11.3 Å². The fraction of sp³-hybridized carbons (Fsp3) is 0.115. The van der Waals surface area contributed by atoms with Crippen molar-refractivity contribution < 1.29 is 18.9 Å². The van der Waals surface area contributed by atoms with Crippen LogP contribution < -0.4 is 14.9 Å². The molecule has 0 amide bonds. The average Bonchev–Trinajstić information content (AvgIpc) is 3.64. The van der Waals surface area contributed by atoms with Gasteiger partial charge in [0.25, 0.3) is 11.2 Å². The van der Waals surface area contributed by atoms with E-state index in [1.54, 1.807) is 37.3 Å². The number of hydrogen-bond donors (Lipinski definition) is 0. The van der Waals surface area contributed by atoms with Gasteiger partial charge in [-0.3, -0.25) is 19.5 Å². The molecule has 37 heavy (non-hydrogen) atoms. The lowest BCUT2D eigenvalue weighted by Crippen LogP contribution is -2.39. The van der Waals surface area contributed by atoms with Gasteiger partial charge in [0.2, 0.25) is 0 Å². The molecule has 186 valence electrons. The van der Waals surface area contributed by atoms with Gasteiger partial charge in [0.05, 0.1) is 20.7 Å². The van der Waals surface area contributed by atoms with Crippen molar-refractivity contribution in [3.63, 3.8) is 0 Å². The van der Waals surface area contributed by atoms with Crippen molar-refractivity contribution in [1.29, 1.82) is 0 Å². The van der Waals surface area contributed by atoms with E-state index in [0.29, 0.717) is 37.7 Å². The number of nitro benzene ring substituents is 1. The lowest BCUT2D eigenvalue weighted by atomic mass is 10.0. The molecular weight excluding hydrogens is 514 g/mol. The highest BCUT2D eigenvalue weighted by Crippen LogP contribution is 2.33. The molecule has 0 spiro atoms. The Morgan fingerprint density at radius 3 is 2.86 bits per heavy atom. The number of allylic oxidation sites excluding steroid dienone is 1. The van der Waals surface area contributed by atoms with Crippen LogP contribution in [0.4, 0.5) is 5.69 Å². The van der Waals surface area contributed by atoms with E-state index in [2.05, 4.69) is 11.6 Å². The van der Waals surface area contributed by atoms with Gasteiger partial charge in [-0.05, 0) is 30.5 Å². The second kappa shape index (κ2) is 9.96. The van der Waals surface area contributed by atoms with Crippen molar-refractivity contribution >= 4 is 40.4 Å². The molecule has 1 aromatic carbocycles. The summed E-state index contributed by atoms with van der Waals surface area (Å²) in [5.41, 5.74) is 0.957. The molecule has 0 radical (unpaired) electrons. The van der Waals surface area contributed by atoms with E-state index >= 15 is 0 Å². The number of thiazole rings is 1. The Bertz CT molecular complexity index is 1740. The van der Waals surface area contributed by atoms with Crippen LogP contribution in [0, 0.1) is 10.1 Å². The van der Waals surface area contributed by atoms with E-state index < -0.39 is 16.9 Å². The van der Waals surface area contributed by atoms with Crippen molar-refractivity contribution in [2.45, 2.75) is 13.0 Å². The predicted molar refractivity (Wildman–Crippen MR) is 140 cm³/mol. The van der Waals surface area contributed by atoms with Gasteiger partial charge in [0.15, 0.2) is 4.80 Å². The van der Waals surface area contributed by atoms with Crippen molar-refractivity contribution in [1.82, 2.24) is 4.57 Å². The number of rotatable bonds is 7. The second-order valence-electron chi connectivity index (χ2n) is 7.99. The minimum absolute atomic E-state index is 0.0442. The largest absolute Gasteiger partial charge is 0.458 e. The van der Waals surface area contributed by atoms with Crippen LogP contribution in [0.2, 0.25) is 0 Å². The molecule has 0 saturated heterocycles.